The van der Waals surface area contributed by atoms with E-state index in [2.05, 4.69) is 34.6 Å². The van der Waals surface area contributed by atoms with Crippen LogP contribution in [0, 0.1) is 5.92 Å². The fourth-order valence-electron chi connectivity index (χ4n) is 1.98. The van der Waals surface area contributed by atoms with E-state index in [9.17, 15) is 0 Å². The molecule has 0 saturated carbocycles. The molecule has 1 nitrogen and oxygen atoms in total. The van der Waals surface area contributed by atoms with Crippen LogP contribution in [0.4, 0.5) is 0 Å². The summed E-state index contributed by atoms with van der Waals surface area (Å²) in [5, 5.41) is 0. The van der Waals surface area contributed by atoms with Crippen LogP contribution in [0.5, 0.6) is 0 Å². The van der Waals surface area contributed by atoms with Gasteiger partial charge in [0.15, 0.2) is 8.32 Å². The van der Waals surface area contributed by atoms with Gasteiger partial charge in [-0.3, -0.25) is 0 Å². The summed E-state index contributed by atoms with van der Waals surface area (Å²) in [7, 11) is -0.401. The molecule has 74 valence electrons. The van der Waals surface area contributed by atoms with Crippen LogP contribution in [0.15, 0.2) is 0 Å². The molecule has 0 aromatic heterocycles. The quantitative estimate of drug-likeness (QED) is 0.625. The van der Waals surface area contributed by atoms with Crippen LogP contribution in [0.2, 0.25) is 17.6 Å². The van der Waals surface area contributed by atoms with Crippen LogP contribution in [-0.2, 0) is 4.12 Å². The Morgan fingerprint density at radius 2 is 1.58 bits per heavy atom. The van der Waals surface area contributed by atoms with Crippen LogP contribution < -0.4 is 0 Å². The fourth-order valence-corrected chi connectivity index (χ4v) is 8.78. The Balaban J connectivity index is 4.46. The predicted octanol–water partition coefficient (Wildman–Crippen LogP) is 2.31. The van der Waals surface area contributed by atoms with Gasteiger partial charge < -0.3 is 4.12 Å². The minimum Gasteiger partial charge on any atom is -0.463 e. The largest absolute Gasteiger partial charge is 0.463 e. The second kappa shape index (κ2) is 5.19. The monoisotopic (exact) mass is 204 g/mol. The van der Waals surface area contributed by atoms with E-state index in [1.807, 2.05) is 0 Å². The predicted molar refractivity (Wildman–Crippen MR) is 62.0 cm³/mol. The van der Waals surface area contributed by atoms with Gasteiger partial charge in [-0.05, 0) is 23.5 Å². The first-order valence-electron chi connectivity index (χ1n) is 5.09. The maximum Gasteiger partial charge on any atom is 0.181 e. The number of rotatable bonds is 5. The molecule has 0 aromatic carbocycles. The highest BCUT2D eigenvalue weighted by atomic mass is 28.4. The molecule has 1 atom stereocenters. The molecule has 0 bridgehead atoms. The zero-order valence-corrected chi connectivity index (χ0v) is 12.5. The van der Waals surface area contributed by atoms with Gasteiger partial charge in [0.25, 0.3) is 0 Å². The average molecular weight is 204 g/mol. The normalized spacial score (nSPS) is 15.5. The zero-order valence-electron chi connectivity index (χ0n) is 9.48. The van der Waals surface area contributed by atoms with E-state index in [1.165, 1.54) is 12.1 Å². The second-order valence-electron chi connectivity index (χ2n) is 4.01. The van der Waals surface area contributed by atoms with Gasteiger partial charge in [0.05, 0.1) is 0 Å². The summed E-state index contributed by atoms with van der Waals surface area (Å²) in [5.74, 6) is 0.783. The average Bonchev–Trinajstić information content (AvgIpc) is 2.08. The van der Waals surface area contributed by atoms with Crippen molar-refractivity contribution in [2.75, 3.05) is 0 Å². The van der Waals surface area contributed by atoms with Crippen LogP contribution in [-0.4, -0.2) is 18.8 Å². The van der Waals surface area contributed by atoms with Gasteiger partial charge in [0.1, 0.15) is 10.5 Å². The molecule has 3 heteroatoms. The Kier molecular flexibility index (Phi) is 5.36. The van der Waals surface area contributed by atoms with Gasteiger partial charge in [-0.15, -0.1) is 0 Å². The molecular weight excluding hydrogens is 180 g/mol. The van der Waals surface area contributed by atoms with E-state index in [-0.39, 0.29) is 0 Å². The summed E-state index contributed by atoms with van der Waals surface area (Å²) in [6.45, 7) is 11.6. The summed E-state index contributed by atoms with van der Waals surface area (Å²) in [5.41, 5.74) is 0.810. The smallest absolute Gasteiger partial charge is 0.181 e. The van der Waals surface area contributed by atoms with Crippen LogP contribution in [0.3, 0.4) is 0 Å². The van der Waals surface area contributed by atoms with Crippen molar-refractivity contribution in [1.29, 1.82) is 0 Å². The molecule has 0 aromatic rings. The van der Waals surface area contributed by atoms with Gasteiger partial charge >= 0.3 is 0 Å². The Labute approximate surface area is 81.6 Å². The summed E-state index contributed by atoms with van der Waals surface area (Å²) < 4.78 is 5.94. The molecule has 0 aliphatic carbocycles. The maximum atomic E-state index is 5.94. The van der Waals surface area contributed by atoms with E-state index < -0.39 is 8.32 Å². The molecule has 0 heterocycles. The van der Waals surface area contributed by atoms with E-state index in [0.29, 0.717) is 0 Å². The number of hydrogen-bond donors (Lipinski definition) is 0. The Morgan fingerprint density at radius 1 is 1.17 bits per heavy atom. The topological polar surface area (TPSA) is 9.23 Å². The van der Waals surface area contributed by atoms with Crippen molar-refractivity contribution in [2.24, 2.45) is 5.92 Å². The minimum absolute atomic E-state index is 0.783. The molecule has 0 fully saturated rings. The van der Waals surface area contributed by atoms with Crippen LogP contribution >= 0.6 is 0 Å². The van der Waals surface area contributed by atoms with Crippen molar-refractivity contribution in [2.45, 2.75) is 52.2 Å². The standard InChI is InChI=1S/C9H24OSi2/c1-6-12(7-2,10-11)9(5)8(3)4/h8-9H,6-7H2,1-5,11H3. The maximum absolute atomic E-state index is 5.94. The van der Waals surface area contributed by atoms with Gasteiger partial charge in [0, 0.05) is 0 Å². The highest BCUT2D eigenvalue weighted by molar-refractivity contribution is 6.77. The molecule has 0 amide bonds. The van der Waals surface area contributed by atoms with Gasteiger partial charge in [0.2, 0.25) is 0 Å². The summed E-state index contributed by atoms with van der Waals surface area (Å²) in [6, 6.07) is 2.57. The summed E-state index contributed by atoms with van der Waals surface area (Å²) >= 11 is 0. The van der Waals surface area contributed by atoms with Crippen molar-refractivity contribution < 1.29 is 4.12 Å². The van der Waals surface area contributed by atoms with E-state index >= 15 is 0 Å². The first-order chi connectivity index (χ1) is 5.54. The minimum atomic E-state index is -1.32. The van der Waals surface area contributed by atoms with Crippen molar-refractivity contribution >= 4 is 18.8 Å². The molecule has 0 aliphatic rings. The molecule has 0 aliphatic heterocycles. The zero-order chi connectivity index (χ0) is 9.78. The first kappa shape index (κ1) is 12.4. The first-order valence-corrected chi connectivity index (χ1v) is 8.30. The summed E-state index contributed by atoms with van der Waals surface area (Å²) in [6.07, 6.45) is 0. The van der Waals surface area contributed by atoms with E-state index in [4.69, 9.17) is 4.12 Å². The van der Waals surface area contributed by atoms with E-state index in [1.54, 1.807) is 0 Å². The molecular formula is C9H24OSi2. The lowest BCUT2D eigenvalue weighted by molar-refractivity contribution is 0.497. The lowest BCUT2D eigenvalue weighted by Crippen LogP contribution is -2.42. The van der Waals surface area contributed by atoms with Gasteiger partial charge in [-0.1, -0.05) is 34.6 Å². The van der Waals surface area contributed by atoms with E-state index in [0.717, 1.165) is 21.9 Å². The molecule has 1 unspecified atom stereocenters. The number of hydrogen-bond acceptors (Lipinski definition) is 1. The molecule has 12 heavy (non-hydrogen) atoms. The molecule has 0 N–H and O–H groups in total. The SMILES string of the molecule is CC[Si](CC)(O[SiH3])C(C)C(C)C. The third kappa shape index (κ3) is 2.44. The van der Waals surface area contributed by atoms with Crippen molar-refractivity contribution in [3.8, 4) is 0 Å². The third-order valence-corrected chi connectivity index (χ3v) is 11.4. The fraction of sp³-hybridized carbons (Fsp3) is 1.00. The van der Waals surface area contributed by atoms with Crippen LogP contribution in [0.25, 0.3) is 0 Å². The van der Waals surface area contributed by atoms with Crippen LogP contribution in [0.1, 0.15) is 34.6 Å². The highest BCUT2D eigenvalue weighted by Crippen LogP contribution is 2.35. The lowest BCUT2D eigenvalue weighted by atomic mass is 10.1. The second-order valence-corrected chi connectivity index (χ2v) is 10.1. The van der Waals surface area contributed by atoms with Crippen molar-refractivity contribution in [3.63, 3.8) is 0 Å². The summed E-state index contributed by atoms with van der Waals surface area (Å²) in [4.78, 5) is 0. The molecule has 0 rings (SSSR count). The molecule has 0 spiro atoms. The van der Waals surface area contributed by atoms with Crippen molar-refractivity contribution in [1.82, 2.24) is 0 Å². The Hall–Kier alpha value is 0.394. The van der Waals surface area contributed by atoms with Gasteiger partial charge in [-0.2, -0.15) is 0 Å². The Morgan fingerprint density at radius 3 is 1.67 bits per heavy atom. The molecule has 0 saturated heterocycles. The Bertz CT molecular complexity index is 113. The van der Waals surface area contributed by atoms with Gasteiger partial charge in [-0.25, -0.2) is 0 Å². The highest BCUT2D eigenvalue weighted by Gasteiger charge is 2.36. The lowest BCUT2D eigenvalue weighted by Gasteiger charge is -2.36. The molecule has 0 radical (unpaired) electrons. The third-order valence-electron chi connectivity index (χ3n) is 3.43. The van der Waals surface area contributed by atoms with Crippen molar-refractivity contribution in [3.05, 3.63) is 0 Å².